The van der Waals surface area contributed by atoms with E-state index in [1.165, 1.54) is 30.4 Å². The topological polar surface area (TPSA) is 40.5 Å². The summed E-state index contributed by atoms with van der Waals surface area (Å²) in [5.74, 6) is 5.27. The van der Waals surface area contributed by atoms with Crippen molar-refractivity contribution in [3.63, 3.8) is 0 Å². The van der Waals surface area contributed by atoms with Crippen LogP contribution in [0.2, 0.25) is 0 Å². The lowest BCUT2D eigenvalue weighted by atomic mass is 9.70. The third-order valence-electron chi connectivity index (χ3n) is 3.98. The summed E-state index contributed by atoms with van der Waals surface area (Å²) in [6, 6.07) is 0. The van der Waals surface area contributed by atoms with Crippen LogP contribution >= 0.6 is 0 Å². The Morgan fingerprint density at radius 2 is 2.06 bits per heavy atom. The van der Waals surface area contributed by atoms with Crippen molar-refractivity contribution in [2.24, 2.45) is 5.41 Å². The highest BCUT2D eigenvalue weighted by molar-refractivity contribution is 5.24. The molecule has 2 nitrogen and oxygen atoms in total. The Hall–Kier alpha value is -0.780. The van der Waals surface area contributed by atoms with E-state index in [9.17, 15) is 5.11 Å². The predicted molar refractivity (Wildman–Crippen MR) is 75.1 cm³/mol. The van der Waals surface area contributed by atoms with Gasteiger partial charge in [0.15, 0.2) is 0 Å². The van der Waals surface area contributed by atoms with Crippen LogP contribution in [-0.4, -0.2) is 22.4 Å². The number of allylic oxidation sites excluding steroid dienone is 2. The van der Waals surface area contributed by atoms with Gasteiger partial charge in [-0.2, -0.15) is 0 Å². The summed E-state index contributed by atoms with van der Waals surface area (Å²) >= 11 is 0. The third-order valence-corrected chi connectivity index (χ3v) is 3.98. The van der Waals surface area contributed by atoms with Gasteiger partial charge in [0, 0.05) is 0 Å². The van der Waals surface area contributed by atoms with Gasteiger partial charge >= 0.3 is 0 Å². The molecule has 1 atom stereocenters. The molecule has 2 N–H and O–H groups in total. The van der Waals surface area contributed by atoms with Gasteiger partial charge in [-0.25, -0.2) is 0 Å². The van der Waals surface area contributed by atoms with E-state index in [1.54, 1.807) is 6.92 Å². The van der Waals surface area contributed by atoms with Crippen molar-refractivity contribution < 1.29 is 10.2 Å². The number of hydrogen-bond donors (Lipinski definition) is 2. The second-order valence-corrected chi connectivity index (χ2v) is 6.23. The van der Waals surface area contributed by atoms with Crippen molar-refractivity contribution in [1.82, 2.24) is 0 Å². The molecule has 0 spiro atoms. The molecule has 1 aliphatic rings. The van der Waals surface area contributed by atoms with Gasteiger partial charge in [0.05, 0.1) is 0 Å². The first-order chi connectivity index (χ1) is 8.28. The fourth-order valence-corrected chi connectivity index (χ4v) is 2.89. The van der Waals surface area contributed by atoms with Gasteiger partial charge in [-0.1, -0.05) is 36.8 Å². The highest BCUT2D eigenvalue weighted by Crippen LogP contribution is 2.42. The second kappa shape index (κ2) is 5.91. The van der Waals surface area contributed by atoms with Crippen molar-refractivity contribution in [2.45, 2.75) is 65.4 Å². The summed E-state index contributed by atoms with van der Waals surface area (Å²) < 4.78 is 0. The monoisotopic (exact) mass is 250 g/mol. The van der Waals surface area contributed by atoms with Gasteiger partial charge in [-0.05, 0) is 51.4 Å². The van der Waals surface area contributed by atoms with Crippen LogP contribution < -0.4 is 0 Å². The van der Waals surface area contributed by atoms with Gasteiger partial charge in [0.25, 0.3) is 0 Å². The molecule has 0 aliphatic heterocycles. The molecule has 1 rings (SSSR count). The predicted octanol–water partition coefficient (Wildman–Crippen LogP) is 3.04. The van der Waals surface area contributed by atoms with Crippen molar-refractivity contribution >= 4 is 0 Å². The van der Waals surface area contributed by atoms with Gasteiger partial charge in [-0.3, -0.25) is 0 Å². The summed E-state index contributed by atoms with van der Waals surface area (Å²) in [6.45, 7) is 8.33. The maximum Gasteiger partial charge on any atom is 0.123 e. The first-order valence-electron chi connectivity index (χ1n) is 6.81. The van der Waals surface area contributed by atoms with Gasteiger partial charge in [-0.15, -0.1) is 0 Å². The Balaban J connectivity index is 2.73. The average molecular weight is 250 g/mol. The fraction of sp³-hybridized carbons (Fsp3) is 0.750. The van der Waals surface area contributed by atoms with E-state index in [0.717, 1.165) is 6.42 Å². The number of aliphatic hydroxyl groups is 2. The Morgan fingerprint density at radius 1 is 1.39 bits per heavy atom. The molecular weight excluding hydrogens is 224 g/mol. The fourth-order valence-electron chi connectivity index (χ4n) is 2.89. The molecule has 0 heterocycles. The minimum absolute atomic E-state index is 0.191. The highest BCUT2D eigenvalue weighted by Gasteiger charge is 2.29. The van der Waals surface area contributed by atoms with Crippen LogP contribution in [0.1, 0.15) is 59.8 Å². The molecule has 2 heteroatoms. The SMILES string of the molecule is CC1=C(CCC(C)(O)C#CCO)C(C)(C)CCC1. The summed E-state index contributed by atoms with van der Waals surface area (Å²) in [6.07, 6.45) is 5.21. The average Bonchev–Trinajstić information content (AvgIpc) is 2.25. The van der Waals surface area contributed by atoms with E-state index < -0.39 is 5.60 Å². The van der Waals surface area contributed by atoms with E-state index in [4.69, 9.17) is 5.11 Å². The maximum atomic E-state index is 10.1. The molecule has 0 bridgehead atoms. The third kappa shape index (κ3) is 4.15. The zero-order chi connectivity index (χ0) is 13.8. The maximum absolute atomic E-state index is 10.1. The summed E-state index contributed by atoms with van der Waals surface area (Å²) in [5, 5.41) is 18.8. The van der Waals surface area contributed by atoms with Crippen LogP contribution in [0.5, 0.6) is 0 Å². The quantitative estimate of drug-likeness (QED) is 0.597. The lowest BCUT2D eigenvalue weighted by molar-refractivity contribution is 0.110. The minimum atomic E-state index is -0.996. The van der Waals surface area contributed by atoms with Crippen LogP contribution in [0.15, 0.2) is 11.1 Å². The van der Waals surface area contributed by atoms with Crippen LogP contribution in [0.25, 0.3) is 0 Å². The minimum Gasteiger partial charge on any atom is -0.384 e. The van der Waals surface area contributed by atoms with Crippen molar-refractivity contribution in [3.05, 3.63) is 11.1 Å². The lowest BCUT2D eigenvalue weighted by Crippen LogP contribution is -2.26. The molecule has 1 aliphatic carbocycles. The Labute approximate surface area is 111 Å². The largest absolute Gasteiger partial charge is 0.384 e. The van der Waals surface area contributed by atoms with Gasteiger partial charge < -0.3 is 10.2 Å². The van der Waals surface area contributed by atoms with Crippen LogP contribution in [0, 0.1) is 17.3 Å². The van der Waals surface area contributed by atoms with Gasteiger partial charge in [0.2, 0.25) is 0 Å². The van der Waals surface area contributed by atoms with Crippen molar-refractivity contribution in [3.8, 4) is 11.8 Å². The molecule has 0 fully saturated rings. The second-order valence-electron chi connectivity index (χ2n) is 6.23. The standard InChI is InChI=1S/C16H26O2/c1-13-7-5-9-15(2,3)14(13)8-11-16(4,18)10-6-12-17/h17-18H,5,7-9,11-12H2,1-4H3. The lowest BCUT2D eigenvalue weighted by Gasteiger charge is -2.35. The molecule has 0 amide bonds. The Morgan fingerprint density at radius 3 is 2.61 bits per heavy atom. The van der Waals surface area contributed by atoms with E-state index >= 15 is 0 Å². The first-order valence-corrected chi connectivity index (χ1v) is 6.81. The van der Waals surface area contributed by atoms with E-state index in [0.29, 0.717) is 6.42 Å². The molecule has 0 aromatic heterocycles. The summed E-state index contributed by atoms with van der Waals surface area (Å²) in [4.78, 5) is 0. The van der Waals surface area contributed by atoms with E-state index in [1.807, 2.05) is 0 Å². The molecule has 0 radical (unpaired) electrons. The van der Waals surface area contributed by atoms with Gasteiger partial charge in [0.1, 0.15) is 12.2 Å². The van der Waals surface area contributed by atoms with Crippen LogP contribution in [0.3, 0.4) is 0 Å². The number of rotatable bonds is 3. The highest BCUT2D eigenvalue weighted by atomic mass is 16.3. The van der Waals surface area contributed by atoms with Crippen molar-refractivity contribution in [2.75, 3.05) is 6.61 Å². The molecule has 1 unspecified atom stereocenters. The van der Waals surface area contributed by atoms with Crippen LogP contribution in [-0.2, 0) is 0 Å². The van der Waals surface area contributed by atoms with Crippen molar-refractivity contribution in [1.29, 1.82) is 0 Å². The van der Waals surface area contributed by atoms with E-state index in [2.05, 4.69) is 32.6 Å². The number of hydrogen-bond acceptors (Lipinski definition) is 2. The molecular formula is C16H26O2. The smallest absolute Gasteiger partial charge is 0.123 e. The van der Waals surface area contributed by atoms with Crippen LogP contribution in [0.4, 0.5) is 0 Å². The summed E-state index contributed by atoms with van der Waals surface area (Å²) in [7, 11) is 0. The zero-order valence-electron chi connectivity index (χ0n) is 12.1. The molecule has 102 valence electrons. The molecule has 0 saturated heterocycles. The molecule has 0 aromatic rings. The molecule has 0 aromatic carbocycles. The first kappa shape index (κ1) is 15.3. The number of aliphatic hydroxyl groups excluding tert-OH is 1. The normalized spacial score (nSPS) is 22.1. The van der Waals surface area contributed by atoms with E-state index in [-0.39, 0.29) is 12.0 Å². The summed E-state index contributed by atoms with van der Waals surface area (Å²) in [5.41, 5.74) is 2.23. The Bertz CT molecular complexity index is 378. The zero-order valence-corrected chi connectivity index (χ0v) is 12.1. The molecule has 0 saturated carbocycles. The Kier molecular flexibility index (Phi) is 5.01. The molecule has 18 heavy (non-hydrogen) atoms.